The molecule has 2 fully saturated rings. The Morgan fingerprint density at radius 1 is 1.33 bits per heavy atom. The lowest BCUT2D eigenvalue weighted by Crippen LogP contribution is -2.66. The summed E-state index contributed by atoms with van der Waals surface area (Å²) in [5, 5.41) is 0. The molecule has 1 unspecified atom stereocenters. The number of hydrogen-bond donors (Lipinski definition) is 0. The molecule has 6 nitrogen and oxygen atoms in total. The number of rotatable bonds is 5. The summed E-state index contributed by atoms with van der Waals surface area (Å²) in [6.07, 6.45) is 7.59. The molecule has 0 N–H and O–H groups in total. The number of hydrogen-bond acceptors (Lipinski definition) is 5. The van der Waals surface area contributed by atoms with E-state index in [4.69, 9.17) is 9.47 Å². The fourth-order valence-electron chi connectivity index (χ4n) is 3.88. The maximum Gasteiger partial charge on any atom is 0.257 e. The van der Waals surface area contributed by atoms with Crippen molar-refractivity contribution in [1.82, 2.24) is 14.9 Å². The molecular weight excluding hydrogens is 349 g/mol. The first-order chi connectivity index (χ1) is 13.2. The first-order valence-electron chi connectivity index (χ1n) is 9.22. The maximum absolute atomic E-state index is 13.8. The molecule has 0 aliphatic carbocycles. The number of ether oxygens (including phenoxy) is 2. The minimum atomic E-state index is -0.480. The van der Waals surface area contributed by atoms with Crippen LogP contribution in [0.5, 0.6) is 5.88 Å². The second-order valence-electron chi connectivity index (χ2n) is 7.21. The monoisotopic (exact) mass is 371 g/mol. The van der Waals surface area contributed by atoms with Gasteiger partial charge in [-0.1, -0.05) is 12.1 Å². The molecule has 0 saturated carbocycles. The van der Waals surface area contributed by atoms with Gasteiger partial charge < -0.3 is 14.4 Å². The van der Waals surface area contributed by atoms with Crippen molar-refractivity contribution in [2.45, 2.75) is 24.9 Å². The number of halogens is 1. The van der Waals surface area contributed by atoms with Gasteiger partial charge in [0.05, 0.1) is 31.5 Å². The van der Waals surface area contributed by atoms with Crippen LogP contribution in [-0.2, 0) is 4.74 Å². The summed E-state index contributed by atoms with van der Waals surface area (Å²) in [4.78, 5) is 22.2. The van der Waals surface area contributed by atoms with Gasteiger partial charge in [0.25, 0.3) is 5.91 Å². The number of likely N-dealkylation sites (tertiary alicyclic amines) is 1. The van der Waals surface area contributed by atoms with Gasteiger partial charge in [-0.25, -0.2) is 9.37 Å². The Morgan fingerprint density at radius 2 is 2.19 bits per heavy atom. The maximum atomic E-state index is 13.8. The van der Waals surface area contributed by atoms with Crippen molar-refractivity contribution in [3.05, 3.63) is 54.2 Å². The van der Waals surface area contributed by atoms with Crippen LogP contribution in [0.1, 0.15) is 29.6 Å². The normalized spacial score (nSPS) is 20.9. The molecule has 2 aromatic rings. The molecule has 0 bridgehead atoms. The third kappa shape index (κ3) is 3.93. The molecule has 1 aromatic carbocycles. The van der Waals surface area contributed by atoms with Gasteiger partial charge in [-0.2, -0.15) is 0 Å². The summed E-state index contributed by atoms with van der Waals surface area (Å²) >= 11 is 0. The van der Waals surface area contributed by atoms with Crippen LogP contribution in [0.4, 0.5) is 4.39 Å². The Balaban J connectivity index is 1.28. The average molecular weight is 371 g/mol. The van der Waals surface area contributed by atoms with Crippen molar-refractivity contribution in [3.8, 4) is 5.88 Å². The van der Waals surface area contributed by atoms with Crippen LogP contribution >= 0.6 is 0 Å². The van der Waals surface area contributed by atoms with Crippen molar-refractivity contribution in [1.29, 1.82) is 0 Å². The summed E-state index contributed by atoms with van der Waals surface area (Å²) in [5.41, 5.74) is -0.173. The van der Waals surface area contributed by atoms with Crippen molar-refractivity contribution in [3.63, 3.8) is 0 Å². The molecule has 3 heterocycles. The first-order valence-corrected chi connectivity index (χ1v) is 9.22. The number of amides is 1. The van der Waals surface area contributed by atoms with Crippen LogP contribution in [0.25, 0.3) is 0 Å². The van der Waals surface area contributed by atoms with E-state index in [2.05, 4.69) is 9.97 Å². The van der Waals surface area contributed by atoms with Crippen LogP contribution in [-0.4, -0.2) is 52.7 Å². The number of benzene rings is 1. The Bertz CT molecular complexity index is 796. The van der Waals surface area contributed by atoms with Gasteiger partial charge in [0.2, 0.25) is 5.88 Å². The molecule has 7 heteroatoms. The van der Waals surface area contributed by atoms with E-state index in [0.717, 1.165) is 19.3 Å². The summed E-state index contributed by atoms with van der Waals surface area (Å²) in [6, 6.07) is 6.10. The number of nitrogens with zero attached hydrogens (tertiary/aromatic N) is 3. The van der Waals surface area contributed by atoms with Crippen LogP contribution < -0.4 is 4.74 Å². The predicted octanol–water partition coefficient (Wildman–Crippen LogP) is 2.71. The standard InChI is InChI=1S/C20H22FN3O3/c21-17-4-2-1-3-16(17)19(25)24-13-20(14-24)11-15(6-10-27-20)5-9-26-18-12-22-7-8-23-18/h1-4,7-8,12,15H,5-6,9-11,13-14H2. The number of aromatic nitrogens is 2. The van der Waals surface area contributed by atoms with E-state index < -0.39 is 5.82 Å². The van der Waals surface area contributed by atoms with Gasteiger partial charge in [-0.05, 0) is 37.3 Å². The summed E-state index contributed by atoms with van der Waals surface area (Å²) in [5.74, 6) is 0.258. The Labute approximate surface area is 157 Å². The third-order valence-corrected chi connectivity index (χ3v) is 5.26. The van der Waals surface area contributed by atoms with Gasteiger partial charge in [-0.3, -0.25) is 9.78 Å². The van der Waals surface area contributed by atoms with Gasteiger partial charge in [0.1, 0.15) is 11.4 Å². The van der Waals surface area contributed by atoms with E-state index in [-0.39, 0.29) is 17.1 Å². The smallest absolute Gasteiger partial charge is 0.257 e. The molecule has 1 aromatic heterocycles. The van der Waals surface area contributed by atoms with Crippen molar-refractivity contribution >= 4 is 5.91 Å². The van der Waals surface area contributed by atoms with Gasteiger partial charge in [-0.15, -0.1) is 0 Å². The lowest BCUT2D eigenvalue weighted by atomic mass is 9.79. The van der Waals surface area contributed by atoms with Crippen molar-refractivity contribution < 1.29 is 18.7 Å². The van der Waals surface area contributed by atoms with Crippen molar-refractivity contribution in [2.24, 2.45) is 5.92 Å². The molecule has 1 amide bonds. The van der Waals surface area contributed by atoms with Crippen LogP contribution in [0.2, 0.25) is 0 Å². The van der Waals surface area contributed by atoms with Gasteiger partial charge >= 0.3 is 0 Å². The lowest BCUT2D eigenvalue weighted by Gasteiger charge is -2.53. The third-order valence-electron chi connectivity index (χ3n) is 5.26. The molecule has 4 rings (SSSR count). The molecule has 142 valence electrons. The zero-order chi connectivity index (χ0) is 18.7. The second-order valence-corrected chi connectivity index (χ2v) is 7.21. The van der Waals surface area contributed by atoms with Crippen LogP contribution in [0.15, 0.2) is 42.9 Å². The summed E-state index contributed by atoms with van der Waals surface area (Å²) in [7, 11) is 0. The lowest BCUT2D eigenvalue weighted by molar-refractivity contribution is -0.166. The molecule has 2 aliphatic rings. The SMILES string of the molecule is O=C(c1ccccc1F)N1CC2(CC(CCOc3cnccn3)CCO2)C1. The number of carbonyl (C=O) groups is 1. The zero-order valence-electron chi connectivity index (χ0n) is 15.0. The van der Waals surface area contributed by atoms with E-state index in [1.807, 2.05) is 0 Å². The fourth-order valence-corrected chi connectivity index (χ4v) is 3.88. The first kappa shape index (κ1) is 17.9. The Kier molecular flexibility index (Phi) is 5.03. The largest absolute Gasteiger partial charge is 0.477 e. The van der Waals surface area contributed by atoms with Crippen LogP contribution in [0, 0.1) is 11.7 Å². The Morgan fingerprint density at radius 3 is 2.96 bits per heavy atom. The molecule has 1 atom stereocenters. The molecule has 2 aliphatic heterocycles. The zero-order valence-corrected chi connectivity index (χ0v) is 15.0. The average Bonchev–Trinajstić information content (AvgIpc) is 2.67. The Hall–Kier alpha value is -2.54. The van der Waals surface area contributed by atoms with E-state index in [9.17, 15) is 9.18 Å². The van der Waals surface area contributed by atoms with Gasteiger partial charge in [0, 0.05) is 19.0 Å². The minimum Gasteiger partial charge on any atom is -0.477 e. The molecule has 0 radical (unpaired) electrons. The van der Waals surface area contributed by atoms with E-state index in [1.54, 1.807) is 35.6 Å². The predicted molar refractivity (Wildman–Crippen MR) is 95.9 cm³/mol. The van der Waals surface area contributed by atoms with E-state index in [1.165, 1.54) is 12.1 Å². The molecule has 1 spiro atoms. The minimum absolute atomic E-state index is 0.122. The van der Waals surface area contributed by atoms with E-state index in [0.29, 0.717) is 38.1 Å². The van der Waals surface area contributed by atoms with Gasteiger partial charge in [0.15, 0.2) is 0 Å². The molecule has 27 heavy (non-hydrogen) atoms. The quantitative estimate of drug-likeness (QED) is 0.809. The fraction of sp³-hybridized carbons (Fsp3) is 0.450. The highest BCUT2D eigenvalue weighted by molar-refractivity contribution is 5.95. The highest BCUT2D eigenvalue weighted by atomic mass is 19.1. The van der Waals surface area contributed by atoms with E-state index >= 15 is 0 Å². The molecule has 2 saturated heterocycles. The van der Waals surface area contributed by atoms with Crippen LogP contribution in [0.3, 0.4) is 0 Å². The second kappa shape index (κ2) is 7.60. The highest BCUT2D eigenvalue weighted by Crippen LogP contribution is 2.38. The highest BCUT2D eigenvalue weighted by Gasteiger charge is 2.49. The summed E-state index contributed by atoms with van der Waals surface area (Å²) in [6.45, 7) is 2.29. The number of carbonyl (C=O) groups excluding carboxylic acids is 1. The topological polar surface area (TPSA) is 64.6 Å². The molecular formula is C20H22FN3O3. The summed E-state index contributed by atoms with van der Waals surface area (Å²) < 4.78 is 25.5. The van der Waals surface area contributed by atoms with Crippen molar-refractivity contribution in [2.75, 3.05) is 26.3 Å².